The van der Waals surface area contributed by atoms with Crippen LogP contribution in [0.4, 0.5) is 0 Å². The van der Waals surface area contributed by atoms with Crippen LogP contribution >= 0.6 is 31.9 Å². The summed E-state index contributed by atoms with van der Waals surface area (Å²) in [6.45, 7) is 11.8. The lowest BCUT2D eigenvalue weighted by molar-refractivity contribution is -0.0790. The highest BCUT2D eigenvalue weighted by atomic mass is 79.9. The number of allylic oxidation sites excluding steroid dienone is 1. The Morgan fingerprint density at radius 2 is 1.74 bits per heavy atom. The predicted octanol–water partition coefficient (Wildman–Crippen LogP) is 6.06. The van der Waals surface area contributed by atoms with Gasteiger partial charge in [-0.2, -0.15) is 0 Å². The van der Waals surface area contributed by atoms with Crippen molar-refractivity contribution < 1.29 is 24.9 Å². The molecule has 3 rings (SSSR count). The fourth-order valence-corrected chi connectivity index (χ4v) is 6.59. The molecule has 1 saturated carbocycles. The molecule has 7 heteroatoms. The number of hydrogen-bond acceptors (Lipinski definition) is 5. The summed E-state index contributed by atoms with van der Waals surface area (Å²) in [5.41, 5.74) is -0.163. The summed E-state index contributed by atoms with van der Waals surface area (Å²) < 4.78 is 5.70. The van der Waals surface area contributed by atoms with Crippen LogP contribution in [0.25, 0.3) is 0 Å². The van der Waals surface area contributed by atoms with Crippen molar-refractivity contribution in [3.05, 3.63) is 41.5 Å². The smallest absolute Gasteiger partial charge is 0.338 e. The van der Waals surface area contributed by atoms with E-state index in [1.165, 1.54) is 0 Å². The Bertz CT molecular complexity index is 928. The van der Waals surface area contributed by atoms with Crippen molar-refractivity contribution in [2.75, 3.05) is 0 Å². The third-order valence-electron chi connectivity index (χ3n) is 8.16. The zero-order chi connectivity index (χ0) is 25.5. The first-order chi connectivity index (χ1) is 15.7. The van der Waals surface area contributed by atoms with Gasteiger partial charge in [-0.05, 0) is 101 Å². The second-order valence-corrected chi connectivity index (χ2v) is 13.4. The van der Waals surface area contributed by atoms with Crippen LogP contribution in [0.5, 0.6) is 5.75 Å². The minimum absolute atomic E-state index is 0.0959. The predicted molar refractivity (Wildman–Crippen MR) is 142 cm³/mol. The van der Waals surface area contributed by atoms with Gasteiger partial charge < -0.3 is 20.1 Å². The molecule has 2 bridgehead atoms. The highest BCUT2D eigenvalue weighted by Gasteiger charge is 2.46. The monoisotopic (exact) mass is 600 g/mol. The lowest BCUT2D eigenvalue weighted by Crippen LogP contribution is -2.45. The summed E-state index contributed by atoms with van der Waals surface area (Å²) in [4.78, 5) is 13.1. The number of aliphatic hydroxyl groups is 2. The SMILES string of the molecule is C=C1CC[C@H](Br)[C@@]2(C)CC[C@@H](Br)[C@@](C)(O)CC[C@@H](O)C(C)(C)OC(=O)c3ccc(O)c(c3)C[C@H]12. The molecule has 3 N–H and O–H groups in total. The Balaban J connectivity index is 2.05. The first-order valence-corrected chi connectivity index (χ1v) is 13.9. The largest absolute Gasteiger partial charge is 0.508 e. The number of carbonyl (C=O) groups is 1. The van der Waals surface area contributed by atoms with Crippen LogP contribution in [0.1, 0.15) is 82.1 Å². The lowest BCUT2D eigenvalue weighted by Gasteiger charge is -2.48. The quantitative estimate of drug-likeness (QED) is 0.191. The molecule has 1 fully saturated rings. The Kier molecular flexibility index (Phi) is 8.33. The summed E-state index contributed by atoms with van der Waals surface area (Å²) in [5, 5.41) is 32.7. The highest BCUT2D eigenvalue weighted by Crippen LogP contribution is 2.52. The van der Waals surface area contributed by atoms with Gasteiger partial charge in [-0.1, -0.05) is 50.9 Å². The number of alkyl halides is 2. The summed E-state index contributed by atoms with van der Waals surface area (Å²) in [7, 11) is 0. The summed E-state index contributed by atoms with van der Waals surface area (Å²) >= 11 is 7.66. The molecule has 6 atom stereocenters. The number of esters is 1. The average Bonchev–Trinajstić information content (AvgIpc) is 2.76. The molecule has 1 aliphatic heterocycles. The number of ether oxygens (including phenoxy) is 1. The van der Waals surface area contributed by atoms with Gasteiger partial charge in [0.05, 0.1) is 17.3 Å². The van der Waals surface area contributed by atoms with Crippen LogP contribution < -0.4 is 0 Å². The number of hydrogen-bond donors (Lipinski definition) is 3. The van der Waals surface area contributed by atoms with Gasteiger partial charge in [-0.3, -0.25) is 0 Å². The van der Waals surface area contributed by atoms with Gasteiger partial charge in [0, 0.05) is 9.65 Å². The number of aromatic hydroxyl groups is 1. The van der Waals surface area contributed by atoms with Crippen molar-refractivity contribution >= 4 is 37.8 Å². The third-order valence-corrected chi connectivity index (χ3v) is 11.1. The van der Waals surface area contributed by atoms with Crippen LogP contribution in [0.3, 0.4) is 0 Å². The second-order valence-electron chi connectivity index (χ2n) is 11.2. The van der Waals surface area contributed by atoms with Gasteiger partial charge in [0.15, 0.2) is 0 Å². The molecule has 0 amide bonds. The zero-order valence-electron chi connectivity index (χ0n) is 20.6. The number of fused-ring (bicyclic) bond motifs is 3. The number of cyclic esters (lactones) is 1. The molecule has 0 aromatic heterocycles. The number of halogens is 2. The minimum atomic E-state index is -1.14. The number of rotatable bonds is 0. The number of phenols is 1. The van der Waals surface area contributed by atoms with E-state index in [1.807, 2.05) is 0 Å². The fraction of sp³-hybridized carbons (Fsp3) is 0.667. The van der Waals surface area contributed by atoms with Crippen molar-refractivity contribution in [2.45, 2.75) is 99.6 Å². The Labute approximate surface area is 220 Å². The molecular formula is C27H38Br2O5. The van der Waals surface area contributed by atoms with Crippen LogP contribution in [-0.2, 0) is 11.2 Å². The van der Waals surface area contributed by atoms with Gasteiger partial charge in [-0.15, -0.1) is 0 Å². The normalized spacial score (nSPS) is 37.5. The highest BCUT2D eigenvalue weighted by molar-refractivity contribution is 9.09. The standard InChI is InChI=1S/C27H38Br2O5/c1-16-6-9-21(28)26(4)12-10-22(29)27(5,33)13-11-23(31)25(2,3)34-24(32)17-7-8-20(30)18(14-17)15-19(16)26/h7-8,14,19,21-23,30-31,33H,1,6,9-13,15H2,2-5H3/t19-,21+,22-,23-,26+,27+/m1/s1. The Morgan fingerprint density at radius 1 is 1.06 bits per heavy atom. The van der Waals surface area contributed by atoms with Crippen LogP contribution in [0.2, 0.25) is 0 Å². The van der Waals surface area contributed by atoms with Crippen LogP contribution in [0.15, 0.2) is 30.4 Å². The Hall–Kier alpha value is -0.890. The van der Waals surface area contributed by atoms with Crippen molar-refractivity contribution in [1.82, 2.24) is 0 Å². The molecule has 2 aliphatic rings. The fourth-order valence-electron chi connectivity index (χ4n) is 5.35. The molecule has 1 aromatic rings. The van der Waals surface area contributed by atoms with E-state index in [2.05, 4.69) is 45.4 Å². The van der Waals surface area contributed by atoms with Gasteiger partial charge in [0.2, 0.25) is 0 Å². The van der Waals surface area contributed by atoms with E-state index in [0.29, 0.717) is 24.0 Å². The average molecular weight is 602 g/mol. The van der Waals surface area contributed by atoms with Gasteiger partial charge >= 0.3 is 5.97 Å². The molecule has 1 aromatic carbocycles. The number of carbonyl (C=O) groups excluding carboxylic acids is 1. The third kappa shape index (κ3) is 5.74. The molecule has 0 radical (unpaired) electrons. The van der Waals surface area contributed by atoms with Crippen molar-refractivity contribution in [1.29, 1.82) is 0 Å². The number of aliphatic hydroxyl groups excluding tert-OH is 1. The van der Waals surface area contributed by atoms with Gasteiger partial charge in [-0.25, -0.2) is 4.79 Å². The van der Waals surface area contributed by atoms with Gasteiger partial charge in [0.25, 0.3) is 0 Å². The van der Waals surface area contributed by atoms with Gasteiger partial charge in [0.1, 0.15) is 11.4 Å². The van der Waals surface area contributed by atoms with E-state index < -0.39 is 23.3 Å². The van der Waals surface area contributed by atoms with Crippen LogP contribution in [-0.4, -0.2) is 48.2 Å². The molecule has 0 unspecified atom stereocenters. The number of benzene rings is 1. The first kappa shape index (κ1) is 27.7. The van der Waals surface area contributed by atoms with Crippen molar-refractivity contribution in [3.8, 4) is 5.75 Å². The summed E-state index contributed by atoms with van der Waals surface area (Å²) in [5.74, 6) is -0.310. The van der Waals surface area contributed by atoms with Crippen molar-refractivity contribution in [2.24, 2.45) is 11.3 Å². The maximum absolute atomic E-state index is 13.0. The molecule has 5 nitrogen and oxygen atoms in total. The number of phenolic OH excluding ortho intramolecular Hbond substituents is 1. The summed E-state index contributed by atoms with van der Waals surface area (Å²) in [6.07, 6.45) is 3.73. The molecule has 1 aliphatic carbocycles. The summed E-state index contributed by atoms with van der Waals surface area (Å²) in [6, 6.07) is 4.80. The molecule has 34 heavy (non-hydrogen) atoms. The molecular weight excluding hydrogens is 564 g/mol. The lowest BCUT2D eigenvalue weighted by atomic mass is 9.61. The first-order valence-electron chi connectivity index (χ1n) is 12.1. The van der Waals surface area contributed by atoms with Crippen molar-refractivity contribution in [3.63, 3.8) is 0 Å². The Morgan fingerprint density at radius 3 is 2.41 bits per heavy atom. The molecule has 1 heterocycles. The zero-order valence-corrected chi connectivity index (χ0v) is 23.8. The van der Waals surface area contributed by atoms with E-state index in [-0.39, 0.29) is 33.2 Å². The molecule has 0 spiro atoms. The van der Waals surface area contributed by atoms with E-state index in [4.69, 9.17) is 4.74 Å². The van der Waals surface area contributed by atoms with Crippen LogP contribution in [0, 0.1) is 11.3 Å². The van der Waals surface area contributed by atoms with E-state index in [0.717, 1.165) is 31.3 Å². The second kappa shape index (κ2) is 10.2. The molecule has 0 saturated heterocycles. The maximum Gasteiger partial charge on any atom is 0.338 e. The maximum atomic E-state index is 13.0. The van der Waals surface area contributed by atoms with E-state index in [1.54, 1.807) is 39.0 Å². The van der Waals surface area contributed by atoms with E-state index >= 15 is 0 Å². The minimum Gasteiger partial charge on any atom is -0.508 e. The topological polar surface area (TPSA) is 87.0 Å². The van der Waals surface area contributed by atoms with E-state index in [9.17, 15) is 20.1 Å². The molecule has 190 valence electrons.